The molecule has 0 aliphatic heterocycles. The van der Waals surface area contributed by atoms with E-state index in [0.717, 1.165) is 5.56 Å². The Kier molecular flexibility index (Phi) is 6.58. The van der Waals surface area contributed by atoms with Crippen LogP contribution in [0.4, 0.5) is 0 Å². The number of ether oxygens (including phenoxy) is 2. The number of ketones is 1. The molecule has 0 amide bonds. The van der Waals surface area contributed by atoms with E-state index in [2.05, 4.69) is 0 Å². The molecule has 0 aromatic heterocycles. The highest BCUT2D eigenvalue weighted by molar-refractivity contribution is 6.30. The number of hydrogen-bond donors (Lipinski definition) is 0. The Balaban J connectivity index is 2.01. The van der Waals surface area contributed by atoms with Gasteiger partial charge in [-0.25, -0.2) is 4.79 Å². The summed E-state index contributed by atoms with van der Waals surface area (Å²) in [4.78, 5) is 24.0. The fraction of sp³-hybridized carbons (Fsp3) is 0.238. The molecule has 0 saturated heterocycles. The van der Waals surface area contributed by atoms with Gasteiger partial charge in [0.25, 0.3) is 0 Å². The molecule has 0 unspecified atom stereocenters. The number of carbonyl (C=O) groups is 2. The summed E-state index contributed by atoms with van der Waals surface area (Å²) in [5, 5.41) is 0.590. The van der Waals surface area contributed by atoms with Gasteiger partial charge in [0.1, 0.15) is 5.75 Å². The van der Waals surface area contributed by atoms with Crippen LogP contribution in [0.25, 0.3) is 6.08 Å². The van der Waals surface area contributed by atoms with E-state index in [0.29, 0.717) is 22.9 Å². The van der Waals surface area contributed by atoms with E-state index >= 15 is 0 Å². The van der Waals surface area contributed by atoms with Crippen molar-refractivity contribution in [3.8, 4) is 5.75 Å². The van der Waals surface area contributed by atoms with Gasteiger partial charge < -0.3 is 9.47 Å². The van der Waals surface area contributed by atoms with E-state index in [4.69, 9.17) is 21.1 Å². The summed E-state index contributed by atoms with van der Waals surface area (Å²) in [5.74, 6) is 0.0206. The van der Waals surface area contributed by atoms with E-state index in [1.165, 1.54) is 6.08 Å². The summed E-state index contributed by atoms with van der Waals surface area (Å²) < 4.78 is 10.7. The Morgan fingerprint density at radius 1 is 1.04 bits per heavy atom. The SMILES string of the molecule is CCOC(=O)C(C)(C)Oc1ccc(/C=C/C(=O)c2ccc(Cl)cc2)cc1. The Morgan fingerprint density at radius 3 is 2.23 bits per heavy atom. The molecule has 0 saturated carbocycles. The van der Waals surface area contributed by atoms with Crippen LogP contribution < -0.4 is 4.74 Å². The first-order valence-electron chi connectivity index (χ1n) is 8.26. The number of halogens is 1. The van der Waals surface area contributed by atoms with Gasteiger partial charge in [0.05, 0.1) is 6.61 Å². The first-order valence-corrected chi connectivity index (χ1v) is 8.64. The predicted molar refractivity (Wildman–Crippen MR) is 103 cm³/mol. The highest BCUT2D eigenvalue weighted by atomic mass is 35.5. The zero-order chi connectivity index (χ0) is 19.2. The van der Waals surface area contributed by atoms with Gasteiger partial charge in [-0.15, -0.1) is 0 Å². The van der Waals surface area contributed by atoms with E-state index in [-0.39, 0.29) is 5.78 Å². The second kappa shape index (κ2) is 8.68. The van der Waals surface area contributed by atoms with E-state index in [1.54, 1.807) is 63.2 Å². The maximum Gasteiger partial charge on any atom is 0.349 e. The molecule has 0 bridgehead atoms. The smallest absolute Gasteiger partial charge is 0.349 e. The fourth-order valence-electron chi connectivity index (χ4n) is 2.17. The van der Waals surface area contributed by atoms with Crippen LogP contribution in [0.3, 0.4) is 0 Å². The molecule has 4 nitrogen and oxygen atoms in total. The lowest BCUT2D eigenvalue weighted by Gasteiger charge is -2.24. The molecule has 0 spiro atoms. The van der Waals surface area contributed by atoms with Crippen LogP contribution in [-0.4, -0.2) is 24.0 Å². The lowest BCUT2D eigenvalue weighted by molar-refractivity contribution is -0.158. The highest BCUT2D eigenvalue weighted by Gasteiger charge is 2.31. The molecule has 0 atom stereocenters. The summed E-state index contributed by atoms with van der Waals surface area (Å²) in [5.41, 5.74) is 0.341. The lowest BCUT2D eigenvalue weighted by atomic mass is 10.1. The van der Waals surface area contributed by atoms with Gasteiger partial charge >= 0.3 is 5.97 Å². The molecule has 26 heavy (non-hydrogen) atoms. The van der Waals surface area contributed by atoms with Crippen molar-refractivity contribution < 1.29 is 19.1 Å². The highest BCUT2D eigenvalue weighted by Crippen LogP contribution is 2.21. The van der Waals surface area contributed by atoms with Gasteiger partial charge in [0.15, 0.2) is 11.4 Å². The summed E-state index contributed by atoms with van der Waals surface area (Å²) in [6.07, 6.45) is 3.22. The van der Waals surface area contributed by atoms with Gasteiger partial charge in [-0.3, -0.25) is 4.79 Å². The van der Waals surface area contributed by atoms with Gasteiger partial charge in [0, 0.05) is 10.6 Å². The third kappa shape index (κ3) is 5.46. The van der Waals surface area contributed by atoms with Crippen LogP contribution in [-0.2, 0) is 9.53 Å². The molecule has 0 aliphatic rings. The minimum Gasteiger partial charge on any atom is -0.476 e. The van der Waals surface area contributed by atoms with Gasteiger partial charge in [-0.1, -0.05) is 29.8 Å². The van der Waals surface area contributed by atoms with Crippen LogP contribution in [0.2, 0.25) is 5.02 Å². The van der Waals surface area contributed by atoms with Crippen molar-refractivity contribution in [2.24, 2.45) is 0 Å². The second-order valence-corrected chi connectivity index (χ2v) is 6.54. The first-order chi connectivity index (χ1) is 12.3. The molecular weight excluding hydrogens is 352 g/mol. The molecule has 2 rings (SSSR count). The maximum absolute atomic E-state index is 12.1. The Hall–Kier alpha value is -2.59. The quantitative estimate of drug-likeness (QED) is 0.391. The Labute approximate surface area is 158 Å². The van der Waals surface area contributed by atoms with Gasteiger partial charge in [0.2, 0.25) is 0 Å². The van der Waals surface area contributed by atoms with Crippen molar-refractivity contribution >= 4 is 29.4 Å². The topological polar surface area (TPSA) is 52.6 Å². The maximum atomic E-state index is 12.1. The average Bonchev–Trinajstić information content (AvgIpc) is 2.61. The van der Waals surface area contributed by atoms with Crippen LogP contribution >= 0.6 is 11.6 Å². The normalized spacial score (nSPS) is 11.4. The van der Waals surface area contributed by atoms with Crippen molar-refractivity contribution in [1.29, 1.82) is 0 Å². The standard InChI is InChI=1S/C21H21ClO4/c1-4-25-20(24)21(2,3)26-18-12-5-15(6-13-18)7-14-19(23)16-8-10-17(22)11-9-16/h5-14H,4H2,1-3H3/b14-7+. The largest absolute Gasteiger partial charge is 0.476 e. The number of hydrogen-bond acceptors (Lipinski definition) is 4. The zero-order valence-corrected chi connectivity index (χ0v) is 15.7. The minimum absolute atomic E-state index is 0.106. The molecule has 5 heteroatoms. The van der Waals surface area contributed by atoms with Crippen molar-refractivity contribution in [3.63, 3.8) is 0 Å². The molecule has 0 radical (unpaired) electrons. The summed E-state index contributed by atoms with van der Waals surface area (Å²) in [6.45, 7) is 5.37. The van der Waals surface area contributed by atoms with Gasteiger partial charge in [-0.2, -0.15) is 0 Å². The summed E-state index contributed by atoms with van der Waals surface area (Å²) in [6, 6.07) is 13.8. The molecule has 0 fully saturated rings. The van der Waals surface area contributed by atoms with Crippen LogP contribution in [0.15, 0.2) is 54.6 Å². The second-order valence-electron chi connectivity index (χ2n) is 6.11. The zero-order valence-electron chi connectivity index (χ0n) is 15.0. The van der Waals surface area contributed by atoms with Crippen LogP contribution in [0, 0.1) is 0 Å². The third-order valence-electron chi connectivity index (χ3n) is 3.58. The molecule has 0 aliphatic carbocycles. The molecular formula is C21H21ClO4. The molecule has 136 valence electrons. The average molecular weight is 373 g/mol. The monoisotopic (exact) mass is 372 g/mol. The Morgan fingerprint density at radius 2 is 1.65 bits per heavy atom. The number of rotatable bonds is 7. The number of esters is 1. The molecule has 0 N–H and O–H groups in total. The van der Waals surface area contributed by atoms with E-state index in [9.17, 15) is 9.59 Å². The van der Waals surface area contributed by atoms with Crippen molar-refractivity contribution in [2.75, 3.05) is 6.61 Å². The minimum atomic E-state index is -1.07. The third-order valence-corrected chi connectivity index (χ3v) is 3.83. The van der Waals surface area contributed by atoms with Gasteiger partial charge in [-0.05, 0) is 68.8 Å². The van der Waals surface area contributed by atoms with Crippen LogP contribution in [0.1, 0.15) is 36.7 Å². The Bertz CT molecular complexity index is 790. The summed E-state index contributed by atoms with van der Waals surface area (Å²) >= 11 is 5.82. The van der Waals surface area contributed by atoms with Crippen LogP contribution in [0.5, 0.6) is 5.75 Å². The van der Waals surface area contributed by atoms with Crippen molar-refractivity contribution in [3.05, 3.63) is 70.8 Å². The molecule has 2 aromatic carbocycles. The first kappa shape index (κ1) is 19.7. The van der Waals surface area contributed by atoms with E-state index < -0.39 is 11.6 Å². The van der Waals surface area contributed by atoms with Crippen molar-refractivity contribution in [2.45, 2.75) is 26.4 Å². The lowest BCUT2D eigenvalue weighted by Crippen LogP contribution is -2.39. The molecule has 2 aromatic rings. The van der Waals surface area contributed by atoms with Crippen molar-refractivity contribution in [1.82, 2.24) is 0 Å². The number of carbonyl (C=O) groups excluding carboxylic acids is 2. The summed E-state index contributed by atoms with van der Waals surface area (Å²) in [7, 11) is 0. The van der Waals surface area contributed by atoms with E-state index in [1.807, 2.05) is 12.1 Å². The number of benzene rings is 2. The number of allylic oxidation sites excluding steroid dienone is 1. The molecule has 0 heterocycles. The fourth-order valence-corrected chi connectivity index (χ4v) is 2.30. The predicted octanol–water partition coefficient (Wildman–Crippen LogP) is 4.96.